The van der Waals surface area contributed by atoms with Crippen molar-refractivity contribution in [1.29, 1.82) is 0 Å². The molecule has 0 unspecified atom stereocenters. The van der Waals surface area contributed by atoms with Crippen LogP contribution in [0.25, 0.3) is 10.9 Å². The zero-order valence-corrected chi connectivity index (χ0v) is 18.9. The highest BCUT2D eigenvalue weighted by molar-refractivity contribution is 5.87. The summed E-state index contributed by atoms with van der Waals surface area (Å²) < 4.78 is 81.6. The molecule has 1 N–H and O–H groups in total. The van der Waals surface area contributed by atoms with Crippen molar-refractivity contribution >= 4 is 28.2 Å². The molecule has 1 heterocycles. The minimum Gasteiger partial charge on any atom is -0.481 e. The molecule has 1 aromatic heterocycles. The highest BCUT2D eigenvalue weighted by atomic mass is 19.4. The average Bonchev–Trinajstić information content (AvgIpc) is 3.14. The van der Waals surface area contributed by atoms with Gasteiger partial charge in [-0.3, -0.25) is 4.79 Å². The zero-order chi connectivity index (χ0) is 26.3. The fraction of sp³-hybridized carbons (Fsp3) is 0.192. The Kier molecular flexibility index (Phi) is 6.46. The summed E-state index contributed by atoms with van der Waals surface area (Å²) in [6.07, 6.45) is -8.31. The zero-order valence-electron chi connectivity index (χ0n) is 18.9. The maximum Gasteiger partial charge on any atom is 0.416 e. The summed E-state index contributed by atoms with van der Waals surface area (Å²) in [6, 6.07) is 15.4. The van der Waals surface area contributed by atoms with E-state index in [1.165, 1.54) is 11.9 Å². The molecule has 3 aromatic carbocycles. The van der Waals surface area contributed by atoms with E-state index in [1.54, 1.807) is 36.5 Å². The lowest BCUT2D eigenvalue weighted by molar-refractivity contribution is -0.143. The number of rotatable bonds is 6. The Morgan fingerprint density at radius 3 is 2.11 bits per heavy atom. The Bertz CT molecular complexity index is 1390. The summed E-state index contributed by atoms with van der Waals surface area (Å²) in [5.41, 5.74) is -0.480. The molecule has 0 aliphatic heterocycles. The molecule has 4 rings (SSSR count). The lowest BCUT2D eigenvalue weighted by atomic mass is 10.1. The fourth-order valence-electron chi connectivity index (χ4n) is 4.10. The van der Waals surface area contributed by atoms with Crippen LogP contribution in [0, 0.1) is 0 Å². The first-order valence-electron chi connectivity index (χ1n) is 10.7. The predicted octanol–water partition coefficient (Wildman–Crippen LogP) is 7.12. The summed E-state index contributed by atoms with van der Waals surface area (Å²) in [5.74, 6) is -0.971. The molecule has 0 aliphatic rings. The third-order valence-electron chi connectivity index (χ3n) is 5.82. The van der Waals surface area contributed by atoms with Gasteiger partial charge in [0.2, 0.25) is 0 Å². The number of fused-ring (bicyclic) bond motifs is 1. The van der Waals surface area contributed by atoms with Gasteiger partial charge in [0.25, 0.3) is 0 Å². The number of nitrogens with zero attached hydrogens (tertiary/aromatic N) is 2. The van der Waals surface area contributed by atoms with Crippen LogP contribution in [0.15, 0.2) is 72.9 Å². The quantitative estimate of drug-likeness (QED) is 0.283. The minimum atomic E-state index is -4.94. The van der Waals surface area contributed by atoms with Gasteiger partial charge >= 0.3 is 18.3 Å². The van der Waals surface area contributed by atoms with Crippen LogP contribution >= 0.6 is 0 Å². The number of aliphatic carboxylic acids is 1. The third-order valence-corrected chi connectivity index (χ3v) is 5.82. The van der Waals surface area contributed by atoms with Gasteiger partial charge < -0.3 is 14.6 Å². The molecule has 0 aliphatic carbocycles. The molecular formula is C26H20F6N2O2. The monoisotopic (exact) mass is 506 g/mol. The van der Waals surface area contributed by atoms with Crippen molar-refractivity contribution in [2.75, 3.05) is 11.9 Å². The molecule has 0 spiro atoms. The molecule has 0 atom stereocenters. The first kappa shape index (κ1) is 25.2. The van der Waals surface area contributed by atoms with Gasteiger partial charge in [0.05, 0.1) is 17.5 Å². The first-order valence-corrected chi connectivity index (χ1v) is 10.7. The smallest absolute Gasteiger partial charge is 0.416 e. The van der Waals surface area contributed by atoms with Gasteiger partial charge in [-0.15, -0.1) is 0 Å². The summed E-state index contributed by atoms with van der Waals surface area (Å²) in [7, 11) is 1.39. The van der Waals surface area contributed by atoms with E-state index in [4.69, 9.17) is 0 Å². The van der Waals surface area contributed by atoms with Crippen LogP contribution in [-0.4, -0.2) is 22.7 Å². The number of para-hydroxylation sites is 1. The largest absolute Gasteiger partial charge is 0.481 e. The number of hydrogen-bond donors (Lipinski definition) is 1. The lowest BCUT2D eigenvalue weighted by Gasteiger charge is -2.23. The summed E-state index contributed by atoms with van der Waals surface area (Å²) in [6.45, 7) is 0.318. The Morgan fingerprint density at radius 1 is 0.861 bits per heavy atom. The van der Waals surface area contributed by atoms with E-state index in [1.807, 2.05) is 22.8 Å². The molecule has 0 fully saturated rings. The molecule has 0 bridgehead atoms. The second-order valence-corrected chi connectivity index (χ2v) is 8.36. The minimum absolute atomic E-state index is 0.0969. The van der Waals surface area contributed by atoms with E-state index in [9.17, 15) is 36.2 Å². The summed E-state index contributed by atoms with van der Waals surface area (Å²) in [4.78, 5) is 12.5. The van der Waals surface area contributed by atoms with Gasteiger partial charge in [0.1, 0.15) is 0 Å². The molecule has 0 radical (unpaired) electrons. The highest BCUT2D eigenvalue weighted by Crippen LogP contribution is 2.39. The number of carboxylic acids is 1. The van der Waals surface area contributed by atoms with Crippen molar-refractivity contribution in [3.8, 4) is 0 Å². The molecule has 36 heavy (non-hydrogen) atoms. The number of alkyl halides is 6. The van der Waals surface area contributed by atoms with Crippen LogP contribution in [0.2, 0.25) is 0 Å². The van der Waals surface area contributed by atoms with E-state index in [0.717, 1.165) is 16.5 Å². The highest BCUT2D eigenvalue weighted by Gasteiger charge is 2.37. The van der Waals surface area contributed by atoms with Crippen molar-refractivity contribution in [2.24, 2.45) is 0 Å². The van der Waals surface area contributed by atoms with Gasteiger partial charge in [0.15, 0.2) is 0 Å². The van der Waals surface area contributed by atoms with E-state index in [-0.39, 0.29) is 18.2 Å². The van der Waals surface area contributed by atoms with Gasteiger partial charge in [0, 0.05) is 42.1 Å². The Morgan fingerprint density at radius 2 is 1.50 bits per heavy atom. The number of halogens is 6. The molecule has 0 amide bonds. The number of aromatic nitrogens is 1. The van der Waals surface area contributed by atoms with Gasteiger partial charge in [-0.1, -0.05) is 30.3 Å². The maximum atomic E-state index is 13.3. The number of carbonyl (C=O) groups is 1. The molecule has 4 nitrogen and oxygen atoms in total. The average molecular weight is 506 g/mol. The van der Waals surface area contributed by atoms with Crippen LogP contribution in [-0.2, 0) is 30.1 Å². The van der Waals surface area contributed by atoms with E-state index in [0.29, 0.717) is 29.9 Å². The van der Waals surface area contributed by atoms with Crippen LogP contribution in [0.1, 0.15) is 22.3 Å². The van der Waals surface area contributed by atoms with Crippen molar-refractivity contribution < 1.29 is 36.2 Å². The first-order chi connectivity index (χ1) is 16.8. The van der Waals surface area contributed by atoms with Gasteiger partial charge in [-0.05, 0) is 47.5 Å². The molecular weight excluding hydrogens is 486 g/mol. The number of anilines is 2. The topological polar surface area (TPSA) is 45.5 Å². The molecule has 4 aromatic rings. The van der Waals surface area contributed by atoms with Crippen LogP contribution < -0.4 is 4.90 Å². The Labute approximate surface area is 202 Å². The van der Waals surface area contributed by atoms with E-state index >= 15 is 0 Å². The number of benzene rings is 3. The van der Waals surface area contributed by atoms with E-state index < -0.39 is 29.4 Å². The van der Waals surface area contributed by atoms with Crippen molar-refractivity contribution in [3.63, 3.8) is 0 Å². The van der Waals surface area contributed by atoms with Crippen LogP contribution in [0.5, 0.6) is 0 Å². The van der Waals surface area contributed by atoms with Crippen molar-refractivity contribution in [2.45, 2.75) is 25.3 Å². The summed E-state index contributed by atoms with van der Waals surface area (Å²) in [5, 5.41) is 10.0. The number of carboxylic acid groups (broad SMARTS) is 1. The Balaban J connectivity index is 1.70. The number of hydrogen-bond acceptors (Lipinski definition) is 2. The fourth-order valence-corrected chi connectivity index (χ4v) is 4.10. The predicted molar refractivity (Wildman–Crippen MR) is 123 cm³/mol. The van der Waals surface area contributed by atoms with Crippen molar-refractivity contribution in [3.05, 3.63) is 95.2 Å². The van der Waals surface area contributed by atoms with E-state index in [2.05, 4.69) is 0 Å². The molecule has 10 heteroatoms. The summed E-state index contributed by atoms with van der Waals surface area (Å²) >= 11 is 0. The van der Waals surface area contributed by atoms with Crippen molar-refractivity contribution in [1.82, 2.24) is 4.57 Å². The lowest BCUT2D eigenvalue weighted by Crippen LogP contribution is -2.16. The molecule has 0 saturated heterocycles. The third kappa shape index (κ3) is 5.32. The molecule has 188 valence electrons. The van der Waals surface area contributed by atoms with Gasteiger partial charge in [-0.25, -0.2) is 0 Å². The normalized spacial score (nSPS) is 12.2. The second kappa shape index (κ2) is 9.25. The standard InChI is InChI=1S/C26H20F6N2O2/c1-33(21-12-18(25(27,28)29)11-19(13-21)26(30,31)32)20-6-4-5-16(9-20)14-34-15-17(10-24(35)36)22-7-2-3-8-23(22)34/h2-9,11-13,15H,10,14H2,1H3,(H,35,36). The maximum absolute atomic E-state index is 13.3. The Hall–Kier alpha value is -3.95. The van der Waals surface area contributed by atoms with Crippen LogP contribution in [0.4, 0.5) is 37.7 Å². The second-order valence-electron chi connectivity index (χ2n) is 8.36. The molecule has 0 saturated carbocycles. The SMILES string of the molecule is CN(c1cccc(Cn2cc(CC(=O)O)c3ccccc32)c1)c1cc(C(F)(F)F)cc(C(F)(F)F)c1. The van der Waals surface area contributed by atoms with Crippen LogP contribution in [0.3, 0.4) is 0 Å². The van der Waals surface area contributed by atoms with Gasteiger partial charge in [-0.2, -0.15) is 26.3 Å².